The summed E-state index contributed by atoms with van der Waals surface area (Å²) in [6.07, 6.45) is -0.772. The molecule has 3 N–H and O–H groups in total. The highest BCUT2D eigenvalue weighted by Crippen LogP contribution is 2.19. The molecule has 0 saturated heterocycles. The van der Waals surface area contributed by atoms with Gasteiger partial charge in [0.25, 0.3) is 0 Å². The molecule has 0 bridgehead atoms. The largest absolute Gasteiger partial charge is 0.390 e. The standard InChI is InChI=1S/C14H21NO3/c1-10(16)9-11-3-5-12(6-4-11)14(18)13(17)7-8-15-2/h3-6,13-15,17-18H,7-9H2,1-2H3. The van der Waals surface area contributed by atoms with Crippen LogP contribution in [0.5, 0.6) is 0 Å². The third-order valence-corrected chi connectivity index (χ3v) is 2.83. The predicted octanol–water partition coefficient (Wildman–Crippen LogP) is 0.822. The number of hydrogen-bond donors (Lipinski definition) is 3. The molecule has 1 aromatic carbocycles. The van der Waals surface area contributed by atoms with Crippen molar-refractivity contribution in [3.05, 3.63) is 35.4 Å². The van der Waals surface area contributed by atoms with Crippen molar-refractivity contribution in [1.29, 1.82) is 0 Å². The minimum absolute atomic E-state index is 0.109. The summed E-state index contributed by atoms with van der Waals surface area (Å²) in [5.41, 5.74) is 1.59. The van der Waals surface area contributed by atoms with Crippen LogP contribution in [0.15, 0.2) is 24.3 Å². The first-order valence-corrected chi connectivity index (χ1v) is 6.13. The predicted molar refractivity (Wildman–Crippen MR) is 70.3 cm³/mol. The number of rotatable bonds is 7. The molecule has 0 fully saturated rings. The second-order valence-electron chi connectivity index (χ2n) is 4.52. The number of aliphatic hydroxyl groups excluding tert-OH is 2. The van der Waals surface area contributed by atoms with Crippen LogP contribution in [-0.4, -0.2) is 35.7 Å². The summed E-state index contributed by atoms with van der Waals surface area (Å²) in [6.45, 7) is 2.20. The first kappa shape index (κ1) is 14.8. The van der Waals surface area contributed by atoms with E-state index in [-0.39, 0.29) is 5.78 Å². The van der Waals surface area contributed by atoms with E-state index in [4.69, 9.17) is 0 Å². The highest BCUT2D eigenvalue weighted by Gasteiger charge is 2.17. The Labute approximate surface area is 108 Å². The van der Waals surface area contributed by atoms with Gasteiger partial charge in [0.1, 0.15) is 11.9 Å². The van der Waals surface area contributed by atoms with Gasteiger partial charge in [-0.1, -0.05) is 24.3 Å². The van der Waals surface area contributed by atoms with Gasteiger partial charge in [0.15, 0.2) is 0 Å². The Bertz CT molecular complexity index is 375. The van der Waals surface area contributed by atoms with Gasteiger partial charge in [0.2, 0.25) is 0 Å². The maximum Gasteiger partial charge on any atom is 0.134 e. The molecule has 0 amide bonds. The van der Waals surface area contributed by atoms with Crippen LogP contribution in [0.4, 0.5) is 0 Å². The normalized spacial score (nSPS) is 14.2. The van der Waals surface area contributed by atoms with Crippen LogP contribution in [0, 0.1) is 0 Å². The molecule has 0 heterocycles. The van der Waals surface area contributed by atoms with E-state index in [1.54, 1.807) is 26.1 Å². The Kier molecular flexibility index (Phi) is 5.98. The van der Waals surface area contributed by atoms with E-state index < -0.39 is 12.2 Å². The maximum absolute atomic E-state index is 11.0. The fourth-order valence-electron chi connectivity index (χ4n) is 1.79. The fraction of sp³-hybridized carbons (Fsp3) is 0.500. The summed E-state index contributed by atoms with van der Waals surface area (Å²) < 4.78 is 0. The second-order valence-corrected chi connectivity index (χ2v) is 4.52. The van der Waals surface area contributed by atoms with E-state index in [1.165, 1.54) is 0 Å². The molecule has 0 aliphatic heterocycles. The lowest BCUT2D eigenvalue weighted by Gasteiger charge is -2.18. The van der Waals surface area contributed by atoms with Gasteiger partial charge >= 0.3 is 0 Å². The van der Waals surface area contributed by atoms with Gasteiger partial charge in [0, 0.05) is 6.42 Å². The monoisotopic (exact) mass is 251 g/mol. The van der Waals surface area contributed by atoms with Crippen molar-refractivity contribution in [3.8, 4) is 0 Å². The van der Waals surface area contributed by atoms with Crippen molar-refractivity contribution in [2.45, 2.75) is 32.0 Å². The Morgan fingerprint density at radius 2 is 1.89 bits per heavy atom. The van der Waals surface area contributed by atoms with E-state index in [0.29, 0.717) is 24.9 Å². The van der Waals surface area contributed by atoms with Crippen LogP contribution < -0.4 is 5.32 Å². The molecule has 0 aliphatic rings. The molecule has 1 aromatic rings. The Hall–Kier alpha value is -1.23. The molecule has 2 atom stereocenters. The van der Waals surface area contributed by atoms with E-state index in [2.05, 4.69) is 5.32 Å². The molecule has 0 spiro atoms. The molecule has 4 heteroatoms. The molecule has 18 heavy (non-hydrogen) atoms. The number of Topliss-reactive ketones (excluding diaryl/α,β-unsaturated/α-hetero) is 1. The lowest BCUT2D eigenvalue weighted by atomic mass is 9.99. The quantitative estimate of drug-likeness (QED) is 0.671. The molecule has 0 saturated carbocycles. The summed E-state index contributed by atoms with van der Waals surface area (Å²) in [6, 6.07) is 7.13. The summed E-state index contributed by atoms with van der Waals surface area (Å²) in [7, 11) is 1.80. The number of benzene rings is 1. The third kappa shape index (κ3) is 4.56. The molecular weight excluding hydrogens is 230 g/mol. The SMILES string of the molecule is CNCCC(O)C(O)c1ccc(CC(C)=O)cc1. The smallest absolute Gasteiger partial charge is 0.134 e. The third-order valence-electron chi connectivity index (χ3n) is 2.83. The average Bonchev–Trinajstić information content (AvgIpc) is 2.35. The molecule has 0 aromatic heterocycles. The van der Waals surface area contributed by atoms with Crippen molar-refractivity contribution < 1.29 is 15.0 Å². The minimum atomic E-state index is -0.885. The maximum atomic E-state index is 11.0. The number of hydrogen-bond acceptors (Lipinski definition) is 4. The van der Waals surface area contributed by atoms with Crippen LogP contribution in [0.3, 0.4) is 0 Å². The Morgan fingerprint density at radius 1 is 1.28 bits per heavy atom. The van der Waals surface area contributed by atoms with E-state index in [9.17, 15) is 15.0 Å². The highest BCUT2D eigenvalue weighted by molar-refractivity contribution is 5.78. The zero-order valence-corrected chi connectivity index (χ0v) is 10.9. The van der Waals surface area contributed by atoms with Crippen molar-refractivity contribution in [2.75, 3.05) is 13.6 Å². The summed E-state index contributed by atoms with van der Waals surface area (Å²) >= 11 is 0. The second kappa shape index (κ2) is 7.26. The van der Waals surface area contributed by atoms with Gasteiger partial charge in [-0.15, -0.1) is 0 Å². The molecule has 1 rings (SSSR count). The number of carbonyl (C=O) groups is 1. The fourth-order valence-corrected chi connectivity index (χ4v) is 1.79. The van der Waals surface area contributed by atoms with Gasteiger partial charge < -0.3 is 15.5 Å². The van der Waals surface area contributed by atoms with Gasteiger partial charge in [-0.2, -0.15) is 0 Å². The summed E-state index contributed by atoms with van der Waals surface area (Å²) in [4.78, 5) is 11.0. The van der Waals surface area contributed by atoms with Gasteiger partial charge in [-0.25, -0.2) is 0 Å². The van der Waals surface area contributed by atoms with Gasteiger partial charge in [-0.3, -0.25) is 4.79 Å². The van der Waals surface area contributed by atoms with Crippen LogP contribution in [0.2, 0.25) is 0 Å². The summed E-state index contributed by atoms with van der Waals surface area (Å²) in [5.74, 6) is 0.109. The Morgan fingerprint density at radius 3 is 2.39 bits per heavy atom. The zero-order valence-electron chi connectivity index (χ0n) is 10.9. The lowest BCUT2D eigenvalue weighted by Crippen LogP contribution is -2.23. The number of carbonyl (C=O) groups excluding carboxylic acids is 1. The Balaban J connectivity index is 2.63. The zero-order chi connectivity index (χ0) is 13.5. The first-order valence-electron chi connectivity index (χ1n) is 6.13. The van der Waals surface area contributed by atoms with Crippen LogP contribution in [0.25, 0.3) is 0 Å². The van der Waals surface area contributed by atoms with Crippen molar-refractivity contribution in [2.24, 2.45) is 0 Å². The molecule has 2 unspecified atom stereocenters. The van der Waals surface area contributed by atoms with E-state index in [1.807, 2.05) is 12.1 Å². The van der Waals surface area contributed by atoms with Crippen LogP contribution in [0.1, 0.15) is 30.6 Å². The van der Waals surface area contributed by atoms with E-state index >= 15 is 0 Å². The van der Waals surface area contributed by atoms with Crippen LogP contribution in [-0.2, 0) is 11.2 Å². The number of aliphatic hydroxyl groups is 2. The topological polar surface area (TPSA) is 69.6 Å². The van der Waals surface area contributed by atoms with E-state index in [0.717, 1.165) is 5.56 Å². The molecule has 4 nitrogen and oxygen atoms in total. The van der Waals surface area contributed by atoms with Crippen molar-refractivity contribution in [1.82, 2.24) is 5.32 Å². The van der Waals surface area contributed by atoms with Crippen LogP contribution >= 0.6 is 0 Å². The molecule has 0 aliphatic carbocycles. The number of ketones is 1. The molecule has 0 radical (unpaired) electrons. The lowest BCUT2D eigenvalue weighted by molar-refractivity contribution is -0.116. The number of nitrogens with one attached hydrogen (secondary N) is 1. The van der Waals surface area contributed by atoms with Crippen molar-refractivity contribution in [3.63, 3.8) is 0 Å². The minimum Gasteiger partial charge on any atom is -0.390 e. The molecule has 100 valence electrons. The first-order chi connectivity index (χ1) is 8.54. The average molecular weight is 251 g/mol. The molecular formula is C14H21NO3. The van der Waals surface area contributed by atoms with Crippen molar-refractivity contribution >= 4 is 5.78 Å². The van der Waals surface area contributed by atoms with Gasteiger partial charge in [-0.05, 0) is 38.1 Å². The summed E-state index contributed by atoms with van der Waals surface area (Å²) in [5, 5.41) is 22.6. The highest BCUT2D eigenvalue weighted by atomic mass is 16.3. The van der Waals surface area contributed by atoms with Gasteiger partial charge in [0.05, 0.1) is 6.10 Å².